The van der Waals surface area contributed by atoms with E-state index in [4.69, 9.17) is 4.98 Å². The van der Waals surface area contributed by atoms with E-state index in [2.05, 4.69) is 33.2 Å². The van der Waals surface area contributed by atoms with Gasteiger partial charge >= 0.3 is 0 Å². The Hall–Kier alpha value is -1.66. The van der Waals surface area contributed by atoms with Gasteiger partial charge in [-0.25, -0.2) is 4.98 Å². The topological polar surface area (TPSA) is 41.4 Å². The smallest absolute Gasteiger partial charge is 0.274 e. The number of aromatic nitrogens is 2. The van der Waals surface area contributed by atoms with Crippen LogP contribution in [0.4, 0.5) is 0 Å². The molecular formula is C18H24N4OS. The van der Waals surface area contributed by atoms with Crippen molar-refractivity contribution in [2.45, 2.75) is 45.3 Å². The largest absolute Gasteiger partial charge is 0.337 e. The van der Waals surface area contributed by atoms with Crippen LogP contribution in [0.25, 0.3) is 0 Å². The minimum Gasteiger partial charge on any atom is -0.337 e. The maximum atomic E-state index is 12.7. The predicted molar refractivity (Wildman–Crippen MR) is 95.1 cm³/mol. The summed E-state index contributed by atoms with van der Waals surface area (Å²) in [6.07, 6.45) is 5.43. The summed E-state index contributed by atoms with van der Waals surface area (Å²) in [6.45, 7) is 6.80. The predicted octanol–water partition coefficient (Wildman–Crippen LogP) is 3.15. The average Bonchev–Trinajstić information content (AvgIpc) is 3.27. The standard InChI is InChI=1S/C18H24N4OS/c1-14-17-19-16(18(23)20-6-3-2-4-7-20)12-22(17)9-8-21(14)11-15-5-10-24-13-15/h5,10,12-14H,2-4,6-9,11H2,1H3. The molecule has 1 saturated heterocycles. The first-order chi connectivity index (χ1) is 11.7. The molecule has 0 bridgehead atoms. The van der Waals surface area contributed by atoms with Gasteiger partial charge in [0.05, 0.1) is 6.04 Å². The summed E-state index contributed by atoms with van der Waals surface area (Å²) < 4.78 is 2.17. The highest BCUT2D eigenvalue weighted by Crippen LogP contribution is 2.27. The Morgan fingerprint density at radius 1 is 1.25 bits per heavy atom. The number of hydrogen-bond donors (Lipinski definition) is 0. The zero-order valence-corrected chi connectivity index (χ0v) is 15.0. The van der Waals surface area contributed by atoms with E-state index >= 15 is 0 Å². The molecule has 0 radical (unpaired) electrons. The van der Waals surface area contributed by atoms with E-state index in [0.717, 1.165) is 51.4 Å². The van der Waals surface area contributed by atoms with Crippen LogP contribution in [0.1, 0.15) is 54.1 Å². The molecule has 24 heavy (non-hydrogen) atoms. The summed E-state index contributed by atoms with van der Waals surface area (Å²) in [4.78, 5) is 21.8. The summed E-state index contributed by atoms with van der Waals surface area (Å²) in [6, 6.07) is 2.42. The van der Waals surface area contributed by atoms with Gasteiger partial charge in [0.2, 0.25) is 0 Å². The van der Waals surface area contributed by atoms with Crippen LogP contribution in [0, 0.1) is 0 Å². The lowest BCUT2D eigenvalue weighted by molar-refractivity contribution is 0.0718. The molecular weight excluding hydrogens is 320 g/mol. The van der Waals surface area contributed by atoms with Gasteiger partial charge in [-0.3, -0.25) is 9.69 Å². The van der Waals surface area contributed by atoms with Gasteiger partial charge in [0.15, 0.2) is 0 Å². The minimum atomic E-state index is 0.105. The lowest BCUT2D eigenvalue weighted by atomic mass is 10.1. The third kappa shape index (κ3) is 3.00. The van der Waals surface area contributed by atoms with Crippen molar-refractivity contribution in [3.8, 4) is 0 Å². The van der Waals surface area contributed by atoms with Gasteiger partial charge in [0, 0.05) is 38.9 Å². The number of carbonyl (C=O) groups is 1. The highest BCUT2D eigenvalue weighted by molar-refractivity contribution is 7.07. The van der Waals surface area contributed by atoms with Crippen molar-refractivity contribution in [3.05, 3.63) is 40.1 Å². The number of fused-ring (bicyclic) bond motifs is 1. The third-order valence-electron chi connectivity index (χ3n) is 5.19. The van der Waals surface area contributed by atoms with Crippen LogP contribution in [-0.2, 0) is 13.1 Å². The number of thiophene rings is 1. The van der Waals surface area contributed by atoms with Crippen LogP contribution in [0.2, 0.25) is 0 Å². The summed E-state index contributed by atoms with van der Waals surface area (Å²) in [7, 11) is 0. The second-order valence-corrected chi connectivity index (χ2v) is 7.59. The molecule has 2 aromatic rings. The number of carbonyl (C=O) groups excluding carboxylic acids is 1. The number of rotatable bonds is 3. The number of likely N-dealkylation sites (tertiary alicyclic amines) is 1. The number of piperidine rings is 1. The maximum absolute atomic E-state index is 12.7. The Morgan fingerprint density at radius 3 is 2.83 bits per heavy atom. The quantitative estimate of drug-likeness (QED) is 0.859. The van der Waals surface area contributed by atoms with Gasteiger partial charge in [-0.05, 0) is 48.6 Å². The Bertz CT molecular complexity index is 703. The van der Waals surface area contributed by atoms with Gasteiger partial charge in [0.25, 0.3) is 5.91 Å². The normalized spacial score (nSPS) is 21.7. The maximum Gasteiger partial charge on any atom is 0.274 e. The first-order valence-corrected chi connectivity index (χ1v) is 9.78. The molecule has 4 rings (SSSR count). The van der Waals surface area contributed by atoms with Crippen molar-refractivity contribution in [1.82, 2.24) is 19.4 Å². The Kier molecular flexibility index (Phi) is 4.41. The zero-order chi connectivity index (χ0) is 16.5. The Morgan fingerprint density at radius 2 is 2.08 bits per heavy atom. The number of nitrogens with zero attached hydrogens (tertiary/aromatic N) is 4. The fourth-order valence-corrected chi connectivity index (χ4v) is 4.39. The van der Waals surface area contributed by atoms with Crippen molar-refractivity contribution in [1.29, 1.82) is 0 Å². The van der Waals surface area contributed by atoms with E-state index < -0.39 is 0 Å². The molecule has 6 heteroatoms. The number of imidazole rings is 1. The molecule has 4 heterocycles. The molecule has 0 spiro atoms. The van der Waals surface area contributed by atoms with E-state index in [1.165, 1.54) is 12.0 Å². The van der Waals surface area contributed by atoms with Crippen molar-refractivity contribution < 1.29 is 4.79 Å². The van der Waals surface area contributed by atoms with Gasteiger partial charge < -0.3 is 9.47 Å². The number of amides is 1. The first kappa shape index (κ1) is 15.8. The molecule has 0 aliphatic carbocycles. The van der Waals surface area contributed by atoms with Crippen LogP contribution >= 0.6 is 11.3 Å². The molecule has 1 amide bonds. The van der Waals surface area contributed by atoms with E-state index in [1.807, 2.05) is 11.1 Å². The SMILES string of the molecule is CC1c2nc(C(=O)N3CCCCC3)cn2CCN1Cc1ccsc1. The average molecular weight is 344 g/mol. The molecule has 0 aromatic carbocycles. The van der Waals surface area contributed by atoms with E-state index in [0.29, 0.717) is 5.69 Å². The molecule has 1 fully saturated rings. The minimum absolute atomic E-state index is 0.105. The molecule has 2 aliphatic rings. The zero-order valence-electron chi connectivity index (χ0n) is 14.1. The van der Waals surface area contributed by atoms with E-state index in [1.54, 1.807) is 11.3 Å². The van der Waals surface area contributed by atoms with Crippen LogP contribution in [0.15, 0.2) is 23.0 Å². The Balaban J connectivity index is 1.51. The molecule has 0 N–H and O–H groups in total. The number of hydrogen-bond acceptors (Lipinski definition) is 4. The molecule has 1 unspecified atom stereocenters. The lowest BCUT2D eigenvalue weighted by Gasteiger charge is -2.33. The monoisotopic (exact) mass is 344 g/mol. The lowest BCUT2D eigenvalue weighted by Crippen LogP contribution is -2.36. The van der Waals surface area contributed by atoms with E-state index in [9.17, 15) is 4.79 Å². The van der Waals surface area contributed by atoms with Crippen LogP contribution < -0.4 is 0 Å². The van der Waals surface area contributed by atoms with Gasteiger partial charge in [-0.15, -0.1) is 0 Å². The van der Waals surface area contributed by atoms with Crippen molar-refractivity contribution in [2.75, 3.05) is 19.6 Å². The van der Waals surface area contributed by atoms with Crippen LogP contribution in [-0.4, -0.2) is 44.9 Å². The summed E-state index contributed by atoms with van der Waals surface area (Å²) in [5.41, 5.74) is 1.98. The fourth-order valence-electron chi connectivity index (χ4n) is 3.73. The molecule has 2 aromatic heterocycles. The second kappa shape index (κ2) is 6.69. The second-order valence-electron chi connectivity index (χ2n) is 6.81. The summed E-state index contributed by atoms with van der Waals surface area (Å²) in [5, 5.41) is 4.33. The molecule has 5 nitrogen and oxygen atoms in total. The van der Waals surface area contributed by atoms with Crippen molar-refractivity contribution in [3.63, 3.8) is 0 Å². The van der Waals surface area contributed by atoms with Gasteiger partial charge in [-0.2, -0.15) is 11.3 Å². The molecule has 1 atom stereocenters. The molecule has 2 aliphatic heterocycles. The van der Waals surface area contributed by atoms with Crippen molar-refractivity contribution >= 4 is 17.2 Å². The van der Waals surface area contributed by atoms with Crippen molar-refractivity contribution in [2.24, 2.45) is 0 Å². The van der Waals surface area contributed by atoms with Crippen LogP contribution in [0.3, 0.4) is 0 Å². The van der Waals surface area contributed by atoms with Crippen LogP contribution in [0.5, 0.6) is 0 Å². The fraction of sp³-hybridized carbons (Fsp3) is 0.556. The van der Waals surface area contributed by atoms with E-state index in [-0.39, 0.29) is 11.9 Å². The third-order valence-corrected chi connectivity index (χ3v) is 5.92. The highest BCUT2D eigenvalue weighted by atomic mass is 32.1. The van der Waals surface area contributed by atoms with Gasteiger partial charge in [0.1, 0.15) is 11.5 Å². The first-order valence-electron chi connectivity index (χ1n) is 8.84. The summed E-state index contributed by atoms with van der Waals surface area (Å²) >= 11 is 1.74. The molecule has 128 valence electrons. The molecule has 0 saturated carbocycles. The summed E-state index contributed by atoms with van der Waals surface area (Å²) in [5.74, 6) is 1.13. The highest BCUT2D eigenvalue weighted by Gasteiger charge is 2.29. The Labute approximate surface area is 146 Å². The van der Waals surface area contributed by atoms with Gasteiger partial charge in [-0.1, -0.05) is 0 Å².